The lowest BCUT2D eigenvalue weighted by atomic mass is 9.80. The molecule has 0 aliphatic carbocycles. The SMILES string of the molecule is CC(C)(CF)C1(C#Cc2ccc(Cl)cc2)CO1. The zero-order valence-electron chi connectivity index (χ0n) is 9.89. The van der Waals surface area contributed by atoms with E-state index in [1.807, 2.05) is 26.0 Å². The van der Waals surface area contributed by atoms with Crippen molar-refractivity contribution in [2.75, 3.05) is 13.3 Å². The van der Waals surface area contributed by atoms with Crippen LogP contribution in [0.1, 0.15) is 19.4 Å². The van der Waals surface area contributed by atoms with E-state index in [-0.39, 0.29) is 0 Å². The third-order valence-corrected chi connectivity index (χ3v) is 3.37. The Labute approximate surface area is 106 Å². The van der Waals surface area contributed by atoms with Crippen molar-refractivity contribution in [2.45, 2.75) is 19.4 Å². The van der Waals surface area contributed by atoms with Gasteiger partial charge in [-0.2, -0.15) is 0 Å². The minimum absolute atomic E-state index is 0.442. The Kier molecular flexibility index (Phi) is 3.16. The van der Waals surface area contributed by atoms with Crippen LogP contribution in [-0.2, 0) is 4.74 Å². The van der Waals surface area contributed by atoms with Crippen LogP contribution < -0.4 is 0 Å². The Morgan fingerprint density at radius 1 is 1.41 bits per heavy atom. The number of hydrogen-bond donors (Lipinski definition) is 0. The number of epoxide rings is 1. The molecule has 17 heavy (non-hydrogen) atoms. The molecule has 1 atom stereocenters. The highest BCUT2D eigenvalue weighted by molar-refractivity contribution is 6.30. The predicted molar refractivity (Wildman–Crippen MR) is 66.8 cm³/mol. The molecule has 1 unspecified atom stereocenters. The van der Waals surface area contributed by atoms with Crippen molar-refractivity contribution in [1.82, 2.24) is 0 Å². The van der Waals surface area contributed by atoms with Gasteiger partial charge >= 0.3 is 0 Å². The summed E-state index contributed by atoms with van der Waals surface area (Å²) in [5, 5.41) is 0.678. The first kappa shape index (κ1) is 12.4. The second-order valence-electron chi connectivity index (χ2n) is 4.89. The molecule has 2 rings (SSSR count). The average molecular weight is 253 g/mol. The normalized spacial score (nSPS) is 22.8. The van der Waals surface area contributed by atoms with Gasteiger partial charge < -0.3 is 4.74 Å². The van der Waals surface area contributed by atoms with E-state index in [0.29, 0.717) is 11.6 Å². The molecule has 0 spiro atoms. The smallest absolute Gasteiger partial charge is 0.159 e. The second-order valence-corrected chi connectivity index (χ2v) is 5.33. The molecule has 0 aromatic heterocycles. The van der Waals surface area contributed by atoms with Crippen LogP contribution in [0.2, 0.25) is 5.02 Å². The fourth-order valence-electron chi connectivity index (χ4n) is 1.52. The second kappa shape index (κ2) is 4.33. The van der Waals surface area contributed by atoms with Gasteiger partial charge in [-0.25, -0.2) is 0 Å². The summed E-state index contributed by atoms with van der Waals surface area (Å²) in [6, 6.07) is 7.25. The number of hydrogen-bond acceptors (Lipinski definition) is 1. The van der Waals surface area contributed by atoms with Crippen LogP contribution in [0.4, 0.5) is 4.39 Å². The van der Waals surface area contributed by atoms with Crippen molar-refractivity contribution in [3.05, 3.63) is 34.9 Å². The van der Waals surface area contributed by atoms with Crippen LogP contribution in [0, 0.1) is 17.3 Å². The van der Waals surface area contributed by atoms with Crippen LogP contribution in [0.3, 0.4) is 0 Å². The van der Waals surface area contributed by atoms with Gasteiger partial charge in [-0.3, -0.25) is 4.39 Å². The molecular weight excluding hydrogens is 239 g/mol. The molecule has 1 aliphatic rings. The van der Waals surface area contributed by atoms with Crippen LogP contribution in [0.25, 0.3) is 0 Å². The van der Waals surface area contributed by atoms with Crippen LogP contribution >= 0.6 is 11.6 Å². The quantitative estimate of drug-likeness (QED) is 0.580. The first-order valence-electron chi connectivity index (χ1n) is 5.48. The number of halogens is 2. The van der Waals surface area contributed by atoms with E-state index in [1.165, 1.54) is 0 Å². The summed E-state index contributed by atoms with van der Waals surface area (Å²) in [7, 11) is 0. The molecule has 0 bridgehead atoms. The molecule has 0 saturated carbocycles. The third-order valence-electron chi connectivity index (χ3n) is 3.11. The van der Waals surface area contributed by atoms with E-state index in [1.54, 1.807) is 12.1 Å². The summed E-state index contributed by atoms with van der Waals surface area (Å²) in [6.07, 6.45) is 0. The number of benzene rings is 1. The maximum absolute atomic E-state index is 12.9. The molecule has 1 aromatic rings. The maximum atomic E-state index is 12.9. The van der Waals surface area contributed by atoms with E-state index >= 15 is 0 Å². The fraction of sp³-hybridized carbons (Fsp3) is 0.429. The summed E-state index contributed by atoms with van der Waals surface area (Å²) < 4.78 is 18.3. The first-order valence-corrected chi connectivity index (χ1v) is 5.86. The van der Waals surface area contributed by atoms with Gasteiger partial charge in [0.25, 0.3) is 0 Å². The molecule has 90 valence electrons. The zero-order chi connectivity index (χ0) is 12.5. The Morgan fingerprint density at radius 3 is 2.47 bits per heavy atom. The maximum Gasteiger partial charge on any atom is 0.159 e. The van der Waals surface area contributed by atoms with Crippen molar-refractivity contribution < 1.29 is 9.13 Å². The van der Waals surface area contributed by atoms with Gasteiger partial charge in [0.1, 0.15) is 0 Å². The number of rotatable bonds is 2. The molecule has 1 aliphatic heterocycles. The molecule has 0 amide bonds. The minimum atomic E-state index is -0.624. The van der Waals surface area contributed by atoms with Crippen LogP contribution in [0.15, 0.2) is 24.3 Å². The first-order chi connectivity index (χ1) is 7.99. The molecule has 1 nitrogen and oxygen atoms in total. The van der Waals surface area contributed by atoms with Gasteiger partial charge in [0, 0.05) is 16.0 Å². The van der Waals surface area contributed by atoms with Gasteiger partial charge in [-0.15, -0.1) is 0 Å². The van der Waals surface area contributed by atoms with Crippen molar-refractivity contribution in [1.29, 1.82) is 0 Å². The summed E-state index contributed by atoms with van der Waals surface area (Å²) in [5.74, 6) is 6.06. The standard InChI is InChI=1S/C14H14ClFO/c1-13(2,9-16)14(10-17-14)8-7-11-3-5-12(15)6-4-11/h3-6H,9-10H2,1-2H3. The molecule has 1 fully saturated rings. The van der Waals surface area contributed by atoms with E-state index in [4.69, 9.17) is 16.3 Å². The molecule has 1 aromatic carbocycles. The van der Waals surface area contributed by atoms with Crippen molar-refractivity contribution in [2.24, 2.45) is 5.41 Å². The summed E-state index contributed by atoms with van der Waals surface area (Å²) in [4.78, 5) is 0. The fourth-order valence-corrected chi connectivity index (χ4v) is 1.64. The highest BCUT2D eigenvalue weighted by Crippen LogP contribution is 2.44. The Balaban J connectivity index is 2.20. The lowest BCUT2D eigenvalue weighted by Crippen LogP contribution is -2.33. The Morgan fingerprint density at radius 2 is 2.00 bits per heavy atom. The predicted octanol–water partition coefficient (Wildman–Crippen LogP) is 3.46. The molecule has 0 radical (unpaired) electrons. The molecule has 1 saturated heterocycles. The van der Waals surface area contributed by atoms with Gasteiger partial charge in [0.05, 0.1) is 13.3 Å². The highest BCUT2D eigenvalue weighted by atomic mass is 35.5. The van der Waals surface area contributed by atoms with E-state index in [2.05, 4.69) is 11.8 Å². The van der Waals surface area contributed by atoms with E-state index in [9.17, 15) is 4.39 Å². The van der Waals surface area contributed by atoms with Crippen LogP contribution in [0.5, 0.6) is 0 Å². The Hall–Kier alpha value is -1.04. The molecule has 0 N–H and O–H groups in total. The van der Waals surface area contributed by atoms with Crippen molar-refractivity contribution in [3.63, 3.8) is 0 Å². The molecular formula is C14H14ClFO. The molecule has 3 heteroatoms. The van der Waals surface area contributed by atoms with Gasteiger partial charge in [-0.05, 0) is 24.3 Å². The van der Waals surface area contributed by atoms with Crippen molar-refractivity contribution >= 4 is 11.6 Å². The van der Waals surface area contributed by atoms with Gasteiger partial charge in [-0.1, -0.05) is 37.3 Å². The average Bonchev–Trinajstić information content (AvgIpc) is 3.10. The zero-order valence-corrected chi connectivity index (χ0v) is 10.6. The third kappa shape index (κ3) is 2.46. The van der Waals surface area contributed by atoms with Crippen LogP contribution in [-0.4, -0.2) is 18.9 Å². The van der Waals surface area contributed by atoms with E-state index in [0.717, 1.165) is 5.56 Å². The number of ether oxygens (including phenoxy) is 1. The Bertz CT molecular complexity index is 463. The summed E-state index contributed by atoms with van der Waals surface area (Å²) in [5.41, 5.74) is -0.327. The monoisotopic (exact) mass is 252 g/mol. The topological polar surface area (TPSA) is 12.5 Å². The van der Waals surface area contributed by atoms with Gasteiger partial charge in [0.15, 0.2) is 5.60 Å². The van der Waals surface area contributed by atoms with Crippen molar-refractivity contribution in [3.8, 4) is 11.8 Å². The van der Waals surface area contributed by atoms with Gasteiger partial charge in [0.2, 0.25) is 0 Å². The number of alkyl halides is 1. The minimum Gasteiger partial charge on any atom is -0.355 e. The van der Waals surface area contributed by atoms with E-state index < -0.39 is 17.7 Å². The summed E-state index contributed by atoms with van der Waals surface area (Å²) in [6.45, 7) is 3.72. The lowest BCUT2D eigenvalue weighted by molar-refractivity contribution is 0.146. The summed E-state index contributed by atoms with van der Waals surface area (Å²) >= 11 is 5.79. The largest absolute Gasteiger partial charge is 0.355 e. The molecule has 1 heterocycles. The highest BCUT2D eigenvalue weighted by Gasteiger charge is 2.56. The lowest BCUT2D eigenvalue weighted by Gasteiger charge is -2.24.